The number of benzene rings is 2. The first-order chi connectivity index (χ1) is 13.0. The third kappa shape index (κ3) is 4.17. The average Bonchev–Trinajstić information content (AvgIpc) is 2.68. The summed E-state index contributed by atoms with van der Waals surface area (Å²) in [5.74, 6) is -0.101. The van der Waals surface area contributed by atoms with E-state index in [0.29, 0.717) is 43.2 Å². The Morgan fingerprint density at radius 2 is 2.19 bits per heavy atom. The first-order valence-electron chi connectivity index (χ1n) is 8.87. The summed E-state index contributed by atoms with van der Waals surface area (Å²) in [5, 5.41) is 6.10. The van der Waals surface area contributed by atoms with Gasteiger partial charge >= 0.3 is 0 Å². The van der Waals surface area contributed by atoms with Gasteiger partial charge in [-0.25, -0.2) is 4.39 Å². The Morgan fingerprint density at radius 1 is 1.37 bits per heavy atom. The van der Waals surface area contributed by atoms with Gasteiger partial charge in [0, 0.05) is 12.1 Å². The lowest BCUT2D eigenvalue weighted by atomic mass is 9.99. The summed E-state index contributed by atoms with van der Waals surface area (Å²) in [5.41, 5.74) is 1.98. The van der Waals surface area contributed by atoms with Gasteiger partial charge in [0.05, 0.1) is 24.4 Å². The zero-order chi connectivity index (χ0) is 19.4. The number of nitrogens with one attached hydrogen (secondary N) is 2. The molecule has 0 spiro atoms. The van der Waals surface area contributed by atoms with Crippen molar-refractivity contribution in [2.45, 2.75) is 26.3 Å². The zero-order valence-electron chi connectivity index (χ0n) is 15.3. The number of rotatable bonds is 6. The predicted octanol–water partition coefficient (Wildman–Crippen LogP) is 4.17. The number of carbonyl (C=O) groups is 1. The van der Waals surface area contributed by atoms with Crippen LogP contribution in [-0.2, 0) is 13.0 Å². The Morgan fingerprint density at radius 3 is 2.93 bits per heavy atom. The van der Waals surface area contributed by atoms with Gasteiger partial charge in [0.2, 0.25) is 0 Å². The molecule has 0 bridgehead atoms. The minimum absolute atomic E-state index is 0.155. The van der Waals surface area contributed by atoms with Gasteiger partial charge in [0.15, 0.2) is 11.5 Å². The predicted molar refractivity (Wildman–Crippen MR) is 104 cm³/mol. The van der Waals surface area contributed by atoms with Crippen LogP contribution in [0.1, 0.15) is 34.8 Å². The lowest BCUT2D eigenvalue weighted by Gasteiger charge is -2.19. The van der Waals surface area contributed by atoms with Gasteiger partial charge in [-0.15, -0.1) is 0 Å². The second-order valence-corrected chi connectivity index (χ2v) is 6.69. The molecule has 2 aromatic carbocycles. The maximum absolute atomic E-state index is 14.7. The molecule has 2 aromatic rings. The molecule has 1 amide bonds. The van der Waals surface area contributed by atoms with E-state index < -0.39 is 5.91 Å². The van der Waals surface area contributed by atoms with Crippen LogP contribution < -0.4 is 20.1 Å². The van der Waals surface area contributed by atoms with E-state index in [-0.39, 0.29) is 22.1 Å². The summed E-state index contributed by atoms with van der Waals surface area (Å²) in [6.07, 6.45) is 1.41. The number of halogens is 2. The van der Waals surface area contributed by atoms with Crippen molar-refractivity contribution >= 4 is 23.2 Å². The molecule has 0 saturated carbocycles. The van der Waals surface area contributed by atoms with Crippen LogP contribution in [0.15, 0.2) is 24.3 Å². The molecular weight excluding hydrogens is 371 g/mol. The van der Waals surface area contributed by atoms with E-state index in [1.165, 1.54) is 19.2 Å². The van der Waals surface area contributed by atoms with Crippen molar-refractivity contribution in [3.63, 3.8) is 0 Å². The quantitative estimate of drug-likeness (QED) is 0.774. The Bertz CT molecular complexity index is 858. The Kier molecular flexibility index (Phi) is 6.19. The van der Waals surface area contributed by atoms with Gasteiger partial charge in [-0.3, -0.25) is 4.79 Å². The molecule has 0 unspecified atom stereocenters. The zero-order valence-corrected chi connectivity index (χ0v) is 16.1. The van der Waals surface area contributed by atoms with Crippen LogP contribution in [0.3, 0.4) is 0 Å². The molecule has 144 valence electrons. The number of hydrogen-bond donors (Lipinski definition) is 2. The minimum atomic E-state index is -0.468. The summed E-state index contributed by atoms with van der Waals surface area (Å²) >= 11 is 6.26. The van der Waals surface area contributed by atoms with Crippen molar-refractivity contribution < 1.29 is 18.7 Å². The van der Waals surface area contributed by atoms with Gasteiger partial charge in [-0.2, -0.15) is 0 Å². The normalized spacial score (nSPS) is 13.0. The molecule has 7 heteroatoms. The Hall–Kier alpha value is -2.31. The summed E-state index contributed by atoms with van der Waals surface area (Å²) in [4.78, 5) is 12.6. The lowest BCUT2D eigenvalue weighted by molar-refractivity contribution is 0.102. The Labute approximate surface area is 162 Å². The molecule has 0 aliphatic carbocycles. The van der Waals surface area contributed by atoms with E-state index in [1.54, 1.807) is 6.07 Å². The van der Waals surface area contributed by atoms with Crippen molar-refractivity contribution in [1.29, 1.82) is 0 Å². The molecule has 2 N–H and O–H groups in total. The standard InChI is InChI=1S/C20H22ClFN2O3/c1-3-8-27-19-15(21)9-13(10-17(19)26-2)20(25)24-16-5-4-12-11-23-7-6-14(12)18(16)22/h4-5,9-10,23H,3,6-8,11H2,1-2H3,(H,24,25). The van der Waals surface area contributed by atoms with Crippen LogP contribution in [0.5, 0.6) is 11.5 Å². The summed E-state index contributed by atoms with van der Waals surface area (Å²) < 4.78 is 25.6. The fraction of sp³-hybridized carbons (Fsp3) is 0.350. The second kappa shape index (κ2) is 8.59. The average molecular weight is 393 g/mol. The molecule has 1 heterocycles. The molecule has 0 radical (unpaired) electrons. The van der Waals surface area contributed by atoms with Crippen LogP contribution in [-0.4, -0.2) is 26.2 Å². The highest BCUT2D eigenvalue weighted by Crippen LogP contribution is 2.37. The molecule has 0 fully saturated rings. The summed E-state index contributed by atoms with van der Waals surface area (Å²) in [7, 11) is 1.48. The lowest BCUT2D eigenvalue weighted by Crippen LogP contribution is -2.25. The minimum Gasteiger partial charge on any atom is -0.493 e. The van der Waals surface area contributed by atoms with Gasteiger partial charge in [0.1, 0.15) is 5.82 Å². The number of anilines is 1. The fourth-order valence-electron chi connectivity index (χ4n) is 3.02. The van der Waals surface area contributed by atoms with Crippen molar-refractivity contribution in [1.82, 2.24) is 5.32 Å². The van der Waals surface area contributed by atoms with Crippen LogP contribution in [0.4, 0.5) is 10.1 Å². The van der Waals surface area contributed by atoms with E-state index in [2.05, 4.69) is 10.6 Å². The number of ether oxygens (including phenoxy) is 2. The Balaban J connectivity index is 1.85. The van der Waals surface area contributed by atoms with Crippen molar-refractivity contribution in [3.8, 4) is 11.5 Å². The third-order valence-electron chi connectivity index (χ3n) is 4.40. The molecular formula is C20H22ClFN2O3. The maximum Gasteiger partial charge on any atom is 0.255 e. The van der Waals surface area contributed by atoms with Gasteiger partial charge in [-0.05, 0) is 48.7 Å². The molecule has 0 saturated heterocycles. The van der Waals surface area contributed by atoms with Crippen LogP contribution >= 0.6 is 11.6 Å². The van der Waals surface area contributed by atoms with Crippen LogP contribution in [0.2, 0.25) is 5.02 Å². The largest absolute Gasteiger partial charge is 0.493 e. The van der Waals surface area contributed by atoms with E-state index in [1.807, 2.05) is 13.0 Å². The molecule has 3 rings (SSSR count). The van der Waals surface area contributed by atoms with Gasteiger partial charge in [-0.1, -0.05) is 24.6 Å². The summed E-state index contributed by atoms with van der Waals surface area (Å²) in [6.45, 7) is 3.81. The van der Waals surface area contributed by atoms with E-state index >= 15 is 0 Å². The topological polar surface area (TPSA) is 59.6 Å². The van der Waals surface area contributed by atoms with Crippen LogP contribution in [0, 0.1) is 5.82 Å². The number of methoxy groups -OCH3 is 1. The van der Waals surface area contributed by atoms with E-state index in [9.17, 15) is 9.18 Å². The first-order valence-corrected chi connectivity index (χ1v) is 9.25. The molecule has 1 aliphatic rings. The SMILES string of the molecule is CCCOc1c(Cl)cc(C(=O)Nc2ccc3c(c2F)CCNC3)cc1OC. The van der Waals surface area contributed by atoms with Gasteiger partial charge in [0.25, 0.3) is 5.91 Å². The molecule has 27 heavy (non-hydrogen) atoms. The number of hydrogen-bond acceptors (Lipinski definition) is 4. The second-order valence-electron chi connectivity index (χ2n) is 6.28. The van der Waals surface area contributed by atoms with Crippen molar-refractivity contribution in [2.75, 3.05) is 25.6 Å². The summed E-state index contributed by atoms with van der Waals surface area (Å²) in [6, 6.07) is 6.43. The molecule has 0 aromatic heterocycles. The highest BCUT2D eigenvalue weighted by Gasteiger charge is 2.20. The highest BCUT2D eigenvalue weighted by atomic mass is 35.5. The number of amides is 1. The molecule has 5 nitrogen and oxygen atoms in total. The molecule has 0 atom stereocenters. The monoisotopic (exact) mass is 392 g/mol. The third-order valence-corrected chi connectivity index (χ3v) is 4.68. The van der Waals surface area contributed by atoms with Crippen LogP contribution in [0.25, 0.3) is 0 Å². The number of carbonyl (C=O) groups excluding carboxylic acids is 1. The van der Waals surface area contributed by atoms with Gasteiger partial charge < -0.3 is 20.1 Å². The first kappa shape index (κ1) is 19.5. The van der Waals surface area contributed by atoms with Crippen molar-refractivity contribution in [2.24, 2.45) is 0 Å². The van der Waals surface area contributed by atoms with E-state index in [0.717, 1.165) is 12.0 Å². The molecule has 1 aliphatic heterocycles. The smallest absolute Gasteiger partial charge is 0.255 e. The number of fused-ring (bicyclic) bond motifs is 1. The van der Waals surface area contributed by atoms with E-state index in [4.69, 9.17) is 21.1 Å². The maximum atomic E-state index is 14.7. The highest BCUT2D eigenvalue weighted by molar-refractivity contribution is 6.32. The van der Waals surface area contributed by atoms with Crippen molar-refractivity contribution in [3.05, 3.63) is 51.8 Å². The fourth-order valence-corrected chi connectivity index (χ4v) is 3.28.